The molecule has 0 aliphatic carbocycles. The maximum absolute atomic E-state index is 6.06. The van der Waals surface area contributed by atoms with E-state index in [-0.39, 0.29) is 0 Å². The van der Waals surface area contributed by atoms with Gasteiger partial charge >= 0.3 is 0 Å². The number of hydrogen-bond donors (Lipinski definition) is 1. The van der Waals surface area contributed by atoms with Crippen molar-refractivity contribution < 1.29 is 0 Å². The Morgan fingerprint density at radius 3 is 2.87 bits per heavy atom. The summed E-state index contributed by atoms with van der Waals surface area (Å²) in [6.45, 7) is 2.77. The Kier molecular flexibility index (Phi) is 2.67. The molecule has 2 rings (SSSR count). The first-order valence-corrected chi connectivity index (χ1v) is 5.28. The third-order valence-corrected chi connectivity index (χ3v) is 3.08. The van der Waals surface area contributed by atoms with Gasteiger partial charge in [0.1, 0.15) is 5.82 Å². The van der Waals surface area contributed by atoms with E-state index in [2.05, 4.69) is 14.9 Å². The van der Waals surface area contributed by atoms with Gasteiger partial charge in [0, 0.05) is 12.1 Å². The van der Waals surface area contributed by atoms with Gasteiger partial charge in [-0.05, 0) is 31.7 Å². The highest BCUT2D eigenvalue weighted by Crippen LogP contribution is 2.25. The molecule has 1 aromatic carbocycles. The molecule has 4 heteroatoms. The van der Waals surface area contributed by atoms with E-state index in [9.17, 15) is 0 Å². The molecule has 0 bridgehead atoms. The van der Waals surface area contributed by atoms with Crippen LogP contribution < -0.4 is 5.32 Å². The van der Waals surface area contributed by atoms with Crippen LogP contribution in [-0.4, -0.2) is 16.6 Å². The Hall–Kier alpha value is -1.06. The third kappa shape index (κ3) is 1.62. The van der Waals surface area contributed by atoms with Gasteiger partial charge in [-0.15, -0.1) is 0 Å². The summed E-state index contributed by atoms with van der Waals surface area (Å²) in [5.41, 5.74) is 3.17. The lowest BCUT2D eigenvalue weighted by molar-refractivity contribution is 0.719. The largest absolute Gasteiger partial charge is 0.330 e. The van der Waals surface area contributed by atoms with E-state index in [1.807, 2.05) is 33.2 Å². The van der Waals surface area contributed by atoms with E-state index in [4.69, 9.17) is 11.6 Å². The summed E-state index contributed by atoms with van der Waals surface area (Å²) in [6.07, 6.45) is 0. The van der Waals surface area contributed by atoms with Crippen molar-refractivity contribution in [2.75, 3.05) is 7.05 Å². The molecular formula is C11H14ClN3. The second-order valence-corrected chi connectivity index (χ2v) is 4.06. The highest BCUT2D eigenvalue weighted by molar-refractivity contribution is 6.32. The zero-order chi connectivity index (χ0) is 11.0. The van der Waals surface area contributed by atoms with Crippen molar-refractivity contribution in [3.8, 4) is 0 Å². The lowest BCUT2D eigenvalue weighted by Gasteiger charge is -2.01. The van der Waals surface area contributed by atoms with Crippen LogP contribution in [0.25, 0.3) is 11.0 Å². The number of hydrogen-bond acceptors (Lipinski definition) is 2. The Morgan fingerprint density at radius 1 is 1.47 bits per heavy atom. The number of aromatic nitrogens is 2. The van der Waals surface area contributed by atoms with Crippen LogP contribution in [0.4, 0.5) is 0 Å². The molecule has 0 aliphatic heterocycles. The van der Waals surface area contributed by atoms with E-state index in [1.54, 1.807) is 0 Å². The van der Waals surface area contributed by atoms with Crippen molar-refractivity contribution in [2.24, 2.45) is 7.05 Å². The van der Waals surface area contributed by atoms with Crippen LogP contribution in [0.5, 0.6) is 0 Å². The van der Waals surface area contributed by atoms with Crippen molar-refractivity contribution in [2.45, 2.75) is 13.5 Å². The Morgan fingerprint density at radius 2 is 2.20 bits per heavy atom. The Labute approximate surface area is 94.1 Å². The molecule has 1 N–H and O–H groups in total. The van der Waals surface area contributed by atoms with Gasteiger partial charge in [-0.25, -0.2) is 4.98 Å². The fourth-order valence-corrected chi connectivity index (χ4v) is 1.88. The molecule has 15 heavy (non-hydrogen) atoms. The van der Waals surface area contributed by atoms with Crippen molar-refractivity contribution >= 4 is 22.6 Å². The zero-order valence-corrected chi connectivity index (χ0v) is 9.89. The van der Waals surface area contributed by atoms with Gasteiger partial charge in [-0.1, -0.05) is 11.6 Å². The molecule has 0 radical (unpaired) electrons. The number of aryl methyl sites for hydroxylation is 2. The molecule has 0 unspecified atom stereocenters. The van der Waals surface area contributed by atoms with Crippen LogP contribution in [0.3, 0.4) is 0 Å². The average Bonchev–Trinajstić information content (AvgIpc) is 2.52. The highest BCUT2D eigenvalue weighted by Gasteiger charge is 2.10. The average molecular weight is 224 g/mol. The van der Waals surface area contributed by atoms with Gasteiger partial charge in [0.25, 0.3) is 0 Å². The van der Waals surface area contributed by atoms with E-state index in [1.165, 1.54) is 0 Å². The summed E-state index contributed by atoms with van der Waals surface area (Å²) >= 11 is 6.06. The molecule has 1 heterocycles. The van der Waals surface area contributed by atoms with Gasteiger partial charge in [0.05, 0.1) is 17.6 Å². The van der Waals surface area contributed by atoms with Gasteiger partial charge < -0.3 is 9.88 Å². The second-order valence-electron chi connectivity index (χ2n) is 3.66. The molecular weight excluding hydrogens is 210 g/mol. The fraction of sp³-hybridized carbons (Fsp3) is 0.364. The van der Waals surface area contributed by atoms with E-state index >= 15 is 0 Å². The molecule has 0 atom stereocenters. The Bertz CT molecular complexity index is 502. The monoisotopic (exact) mass is 223 g/mol. The number of nitrogens with zero attached hydrogens (tertiary/aromatic N) is 2. The number of nitrogens with one attached hydrogen (secondary N) is 1. The molecule has 0 amide bonds. The fourth-order valence-electron chi connectivity index (χ4n) is 1.73. The minimum atomic E-state index is 0.766. The molecule has 3 nitrogen and oxygen atoms in total. The standard InChI is InChI=1S/C11H14ClN3/c1-7-8(12)4-5-9-11(7)14-10(6-13-2)15(9)3/h4-5,13H,6H2,1-3H3. The van der Waals surface area contributed by atoms with Crippen molar-refractivity contribution in [3.63, 3.8) is 0 Å². The van der Waals surface area contributed by atoms with Crippen molar-refractivity contribution in [1.29, 1.82) is 0 Å². The van der Waals surface area contributed by atoms with Gasteiger partial charge in [-0.2, -0.15) is 0 Å². The lowest BCUT2D eigenvalue weighted by Crippen LogP contribution is -2.10. The predicted molar refractivity (Wildman–Crippen MR) is 63.2 cm³/mol. The quantitative estimate of drug-likeness (QED) is 0.847. The normalized spacial score (nSPS) is 11.2. The first-order chi connectivity index (χ1) is 7.15. The van der Waals surface area contributed by atoms with Crippen LogP contribution in [-0.2, 0) is 13.6 Å². The van der Waals surface area contributed by atoms with Gasteiger partial charge in [-0.3, -0.25) is 0 Å². The van der Waals surface area contributed by atoms with Crippen LogP contribution in [0.1, 0.15) is 11.4 Å². The van der Waals surface area contributed by atoms with Gasteiger partial charge in [0.15, 0.2) is 0 Å². The molecule has 0 aliphatic rings. The maximum atomic E-state index is 6.06. The molecule has 80 valence electrons. The van der Waals surface area contributed by atoms with Crippen LogP contribution in [0.15, 0.2) is 12.1 Å². The SMILES string of the molecule is CNCc1nc2c(C)c(Cl)ccc2n1C. The number of fused-ring (bicyclic) bond motifs is 1. The van der Waals surface area contributed by atoms with E-state index in [0.29, 0.717) is 0 Å². The Balaban J connectivity index is 2.70. The summed E-state index contributed by atoms with van der Waals surface area (Å²) in [6, 6.07) is 3.93. The number of rotatable bonds is 2. The molecule has 0 saturated carbocycles. The maximum Gasteiger partial charge on any atom is 0.123 e. The molecule has 0 saturated heterocycles. The molecule has 0 fully saturated rings. The molecule has 0 spiro atoms. The highest BCUT2D eigenvalue weighted by atomic mass is 35.5. The minimum absolute atomic E-state index is 0.766. The first kappa shape index (κ1) is 10.5. The summed E-state index contributed by atoms with van der Waals surface area (Å²) < 4.78 is 2.09. The summed E-state index contributed by atoms with van der Waals surface area (Å²) in [4.78, 5) is 4.58. The van der Waals surface area contributed by atoms with E-state index in [0.717, 1.165) is 34.0 Å². The van der Waals surface area contributed by atoms with Crippen LogP contribution in [0, 0.1) is 6.92 Å². The zero-order valence-electron chi connectivity index (χ0n) is 9.13. The smallest absolute Gasteiger partial charge is 0.123 e. The van der Waals surface area contributed by atoms with Crippen molar-refractivity contribution in [3.05, 3.63) is 28.5 Å². The summed E-state index contributed by atoms with van der Waals surface area (Å²) in [7, 11) is 3.94. The minimum Gasteiger partial charge on any atom is -0.330 e. The summed E-state index contributed by atoms with van der Waals surface area (Å²) in [5, 5.41) is 3.88. The van der Waals surface area contributed by atoms with Gasteiger partial charge in [0.2, 0.25) is 0 Å². The number of halogens is 1. The van der Waals surface area contributed by atoms with Crippen molar-refractivity contribution in [1.82, 2.24) is 14.9 Å². The topological polar surface area (TPSA) is 29.9 Å². The van der Waals surface area contributed by atoms with E-state index < -0.39 is 0 Å². The lowest BCUT2D eigenvalue weighted by atomic mass is 10.2. The number of benzene rings is 1. The predicted octanol–water partition coefficient (Wildman–Crippen LogP) is 2.25. The third-order valence-electron chi connectivity index (χ3n) is 2.67. The first-order valence-electron chi connectivity index (χ1n) is 4.90. The molecule has 1 aromatic heterocycles. The number of imidazole rings is 1. The second kappa shape index (κ2) is 3.83. The van der Waals surface area contributed by atoms with Crippen LogP contribution >= 0.6 is 11.6 Å². The summed E-state index contributed by atoms with van der Waals surface area (Å²) in [5.74, 6) is 1.03. The molecule has 2 aromatic rings. The van der Waals surface area contributed by atoms with Crippen LogP contribution in [0.2, 0.25) is 5.02 Å².